The summed E-state index contributed by atoms with van der Waals surface area (Å²) in [5, 5.41) is 12.9. The molecule has 3 nitrogen and oxygen atoms in total. The highest BCUT2D eigenvalue weighted by Gasteiger charge is 2.46. The summed E-state index contributed by atoms with van der Waals surface area (Å²) < 4.78 is 5.76. The molecule has 0 radical (unpaired) electrons. The maximum Gasteiger partial charge on any atom is 0.133 e. The van der Waals surface area contributed by atoms with E-state index in [4.69, 9.17) is 4.74 Å². The summed E-state index contributed by atoms with van der Waals surface area (Å²) in [4.78, 5) is 0. The van der Waals surface area contributed by atoms with Crippen molar-refractivity contribution in [2.24, 2.45) is 11.8 Å². The summed E-state index contributed by atoms with van der Waals surface area (Å²) in [5.74, 6) is 1.21. The molecular weight excluding hydrogens is 224 g/mol. The highest BCUT2D eigenvalue weighted by molar-refractivity contribution is 5.15. The number of rotatable bonds is 9. The molecule has 1 fully saturated rings. The van der Waals surface area contributed by atoms with Crippen LogP contribution in [-0.2, 0) is 4.74 Å². The molecule has 1 saturated carbocycles. The fraction of sp³-hybridized carbons (Fsp3) is 0.933. The van der Waals surface area contributed by atoms with Gasteiger partial charge in [0.2, 0.25) is 0 Å². The van der Waals surface area contributed by atoms with Crippen LogP contribution in [0.1, 0.15) is 53.4 Å². The number of hydrogen-bond acceptors (Lipinski definition) is 3. The van der Waals surface area contributed by atoms with Crippen LogP contribution in [-0.4, -0.2) is 24.8 Å². The van der Waals surface area contributed by atoms with Crippen molar-refractivity contribution in [1.82, 2.24) is 5.32 Å². The SMILES string of the molecule is CC(C)CCCOCC(C#N)(NC(C)C)C1CC1. The largest absolute Gasteiger partial charge is 0.378 e. The summed E-state index contributed by atoms with van der Waals surface area (Å²) >= 11 is 0. The standard InChI is InChI=1S/C15H28N2O/c1-12(2)6-5-9-18-11-15(10-16,14-7-8-14)17-13(3)4/h12-14,17H,5-9,11H2,1-4H3. The predicted octanol–water partition coefficient (Wildman–Crippen LogP) is 3.11. The number of nitrogens with zero attached hydrogens (tertiary/aromatic N) is 1. The lowest BCUT2D eigenvalue weighted by Crippen LogP contribution is -2.53. The summed E-state index contributed by atoms with van der Waals surface area (Å²) in [6, 6.07) is 2.80. The average Bonchev–Trinajstić information content (AvgIpc) is 3.10. The molecule has 104 valence electrons. The molecule has 0 amide bonds. The second kappa shape index (κ2) is 7.11. The topological polar surface area (TPSA) is 45.0 Å². The highest BCUT2D eigenvalue weighted by Crippen LogP contribution is 2.40. The van der Waals surface area contributed by atoms with E-state index in [9.17, 15) is 5.26 Å². The fourth-order valence-electron chi connectivity index (χ4n) is 2.35. The third-order valence-electron chi connectivity index (χ3n) is 3.42. The minimum Gasteiger partial charge on any atom is -0.378 e. The van der Waals surface area contributed by atoms with Crippen LogP contribution in [0.3, 0.4) is 0 Å². The predicted molar refractivity (Wildman–Crippen MR) is 74.2 cm³/mol. The van der Waals surface area contributed by atoms with Crippen LogP contribution >= 0.6 is 0 Å². The molecule has 0 saturated heterocycles. The van der Waals surface area contributed by atoms with Crippen molar-refractivity contribution in [2.75, 3.05) is 13.2 Å². The van der Waals surface area contributed by atoms with Gasteiger partial charge in [-0.15, -0.1) is 0 Å². The molecule has 0 aromatic carbocycles. The zero-order valence-corrected chi connectivity index (χ0v) is 12.3. The van der Waals surface area contributed by atoms with Crippen molar-refractivity contribution >= 4 is 0 Å². The maximum atomic E-state index is 9.49. The van der Waals surface area contributed by atoms with Crippen LogP contribution < -0.4 is 5.32 Å². The lowest BCUT2D eigenvalue weighted by molar-refractivity contribution is 0.0734. The monoisotopic (exact) mass is 252 g/mol. The first-order valence-corrected chi connectivity index (χ1v) is 7.27. The first-order chi connectivity index (χ1) is 8.50. The van der Waals surface area contributed by atoms with Gasteiger partial charge in [0.15, 0.2) is 0 Å². The van der Waals surface area contributed by atoms with Crippen LogP contribution in [0.15, 0.2) is 0 Å². The Labute approximate surface area is 112 Å². The minimum atomic E-state index is -0.452. The van der Waals surface area contributed by atoms with Gasteiger partial charge in [-0.25, -0.2) is 0 Å². The molecule has 0 aromatic rings. The molecule has 0 heterocycles. The summed E-state index contributed by atoms with van der Waals surface area (Å²) in [5.41, 5.74) is -0.452. The molecule has 3 heteroatoms. The van der Waals surface area contributed by atoms with Gasteiger partial charge in [-0.2, -0.15) is 5.26 Å². The van der Waals surface area contributed by atoms with Crippen molar-refractivity contribution in [3.8, 4) is 6.07 Å². The third kappa shape index (κ3) is 4.96. The van der Waals surface area contributed by atoms with E-state index in [1.807, 2.05) is 0 Å². The van der Waals surface area contributed by atoms with Crippen molar-refractivity contribution in [3.05, 3.63) is 0 Å². The van der Waals surface area contributed by atoms with Crippen LogP contribution in [0, 0.1) is 23.2 Å². The Morgan fingerprint density at radius 2 is 2.00 bits per heavy atom. The smallest absolute Gasteiger partial charge is 0.133 e. The van der Waals surface area contributed by atoms with E-state index in [0.29, 0.717) is 18.6 Å². The third-order valence-corrected chi connectivity index (χ3v) is 3.42. The van der Waals surface area contributed by atoms with Crippen molar-refractivity contribution in [1.29, 1.82) is 5.26 Å². The molecule has 18 heavy (non-hydrogen) atoms. The number of ether oxygens (including phenoxy) is 1. The first kappa shape index (κ1) is 15.5. The Bertz CT molecular complexity index is 279. The van der Waals surface area contributed by atoms with E-state index < -0.39 is 5.54 Å². The molecule has 1 N–H and O–H groups in total. The zero-order chi connectivity index (χ0) is 13.6. The van der Waals surface area contributed by atoms with Gasteiger partial charge >= 0.3 is 0 Å². The Kier molecular flexibility index (Phi) is 6.11. The zero-order valence-electron chi connectivity index (χ0n) is 12.3. The van der Waals surface area contributed by atoms with Gasteiger partial charge in [-0.1, -0.05) is 13.8 Å². The van der Waals surface area contributed by atoms with E-state index in [2.05, 4.69) is 39.1 Å². The lowest BCUT2D eigenvalue weighted by atomic mass is 9.95. The molecule has 0 spiro atoms. The second-order valence-electron chi connectivity index (χ2n) is 6.25. The van der Waals surface area contributed by atoms with Gasteiger partial charge in [-0.3, -0.25) is 5.32 Å². The first-order valence-electron chi connectivity index (χ1n) is 7.27. The van der Waals surface area contributed by atoms with E-state index in [-0.39, 0.29) is 0 Å². The normalized spacial score (nSPS) is 18.9. The maximum absolute atomic E-state index is 9.49. The van der Waals surface area contributed by atoms with Crippen LogP contribution in [0.5, 0.6) is 0 Å². The lowest BCUT2D eigenvalue weighted by Gasteiger charge is -2.30. The summed E-state index contributed by atoms with van der Waals surface area (Å²) in [6.45, 7) is 9.94. The Hall–Kier alpha value is -0.590. The van der Waals surface area contributed by atoms with Crippen LogP contribution in [0.25, 0.3) is 0 Å². The molecule has 1 unspecified atom stereocenters. The Morgan fingerprint density at radius 1 is 1.33 bits per heavy atom. The van der Waals surface area contributed by atoms with Crippen molar-refractivity contribution in [3.63, 3.8) is 0 Å². The van der Waals surface area contributed by atoms with Gasteiger partial charge in [0.1, 0.15) is 5.54 Å². The number of nitriles is 1. The van der Waals surface area contributed by atoms with Gasteiger partial charge in [0, 0.05) is 12.6 Å². The Balaban J connectivity index is 2.35. The molecule has 0 aromatic heterocycles. The molecule has 1 aliphatic carbocycles. The van der Waals surface area contributed by atoms with E-state index >= 15 is 0 Å². The van der Waals surface area contributed by atoms with Gasteiger partial charge < -0.3 is 4.74 Å². The van der Waals surface area contributed by atoms with Crippen LogP contribution in [0.2, 0.25) is 0 Å². The number of nitrogens with one attached hydrogen (secondary N) is 1. The molecular formula is C15H28N2O. The number of hydrogen-bond donors (Lipinski definition) is 1. The highest BCUT2D eigenvalue weighted by atomic mass is 16.5. The van der Waals surface area contributed by atoms with E-state index in [1.54, 1.807) is 0 Å². The van der Waals surface area contributed by atoms with Crippen LogP contribution in [0.4, 0.5) is 0 Å². The molecule has 1 atom stereocenters. The van der Waals surface area contributed by atoms with Crippen molar-refractivity contribution < 1.29 is 4.74 Å². The van der Waals surface area contributed by atoms with Gasteiger partial charge in [0.05, 0.1) is 12.7 Å². The Morgan fingerprint density at radius 3 is 2.44 bits per heavy atom. The van der Waals surface area contributed by atoms with Gasteiger partial charge in [0.25, 0.3) is 0 Å². The van der Waals surface area contributed by atoms with Gasteiger partial charge in [-0.05, 0) is 51.4 Å². The van der Waals surface area contributed by atoms with E-state index in [0.717, 1.165) is 31.8 Å². The summed E-state index contributed by atoms with van der Waals surface area (Å²) in [6.07, 6.45) is 4.59. The summed E-state index contributed by atoms with van der Waals surface area (Å²) in [7, 11) is 0. The molecule has 0 aliphatic heterocycles. The molecule has 1 aliphatic rings. The molecule has 1 rings (SSSR count). The quantitative estimate of drug-likeness (QED) is 0.641. The molecule has 0 bridgehead atoms. The second-order valence-corrected chi connectivity index (χ2v) is 6.25. The van der Waals surface area contributed by atoms with Crippen molar-refractivity contribution in [2.45, 2.75) is 65.0 Å². The van der Waals surface area contributed by atoms with E-state index in [1.165, 1.54) is 6.42 Å². The minimum absolute atomic E-state index is 0.324. The fourth-order valence-corrected chi connectivity index (χ4v) is 2.35. The average molecular weight is 252 g/mol.